The van der Waals surface area contributed by atoms with Gasteiger partial charge in [-0.05, 0) is 64.6 Å². The maximum absolute atomic E-state index is 2.63. The zero-order valence-corrected chi connectivity index (χ0v) is 11.4. The Morgan fingerprint density at radius 1 is 1.00 bits per heavy atom. The molecule has 1 fully saturated rings. The molecule has 1 aromatic carbocycles. The second-order valence-electron chi connectivity index (χ2n) is 6.20. The van der Waals surface area contributed by atoms with Crippen LogP contribution in [0.4, 0.5) is 0 Å². The highest BCUT2D eigenvalue weighted by Crippen LogP contribution is 2.30. The fourth-order valence-electron chi connectivity index (χ4n) is 2.83. The fourth-order valence-corrected chi connectivity index (χ4v) is 2.83. The summed E-state index contributed by atoms with van der Waals surface area (Å²) in [7, 11) is 0. The molecular formula is C16H25N. The van der Waals surface area contributed by atoms with E-state index in [0.717, 1.165) is 5.92 Å². The van der Waals surface area contributed by atoms with Gasteiger partial charge in [0, 0.05) is 5.54 Å². The summed E-state index contributed by atoms with van der Waals surface area (Å²) in [6, 6.07) is 11.0. The van der Waals surface area contributed by atoms with Crippen molar-refractivity contribution < 1.29 is 0 Å². The molecule has 94 valence electrons. The highest BCUT2D eigenvalue weighted by molar-refractivity contribution is 5.19. The Kier molecular flexibility index (Phi) is 3.88. The van der Waals surface area contributed by atoms with Crippen LogP contribution in [0.3, 0.4) is 0 Å². The van der Waals surface area contributed by atoms with Crippen LogP contribution < -0.4 is 0 Å². The summed E-state index contributed by atoms with van der Waals surface area (Å²) in [4.78, 5) is 2.63. The van der Waals surface area contributed by atoms with Gasteiger partial charge in [0.1, 0.15) is 0 Å². The molecule has 1 nitrogen and oxygen atoms in total. The number of hydrogen-bond donors (Lipinski definition) is 0. The lowest BCUT2D eigenvalue weighted by atomic mass is 9.92. The summed E-state index contributed by atoms with van der Waals surface area (Å²) in [6.07, 6.45) is 3.98. The number of hydrogen-bond acceptors (Lipinski definition) is 1. The van der Waals surface area contributed by atoms with Crippen LogP contribution in [0.25, 0.3) is 0 Å². The Labute approximate surface area is 106 Å². The molecule has 1 heterocycles. The van der Waals surface area contributed by atoms with Gasteiger partial charge in [-0.2, -0.15) is 0 Å². The predicted molar refractivity (Wildman–Crippen MR) is 74.4 cm³/mol. The highest BCUT2D eigenvalue weighted by atomic mass is 15.2. The Balaban J connectivity index is 2.01. The van der Waals surface area contributed by atoms with Gasteiger partial charge < -0.3 is 0 Å². The maximum Gasteiger partial charge on any atom is 0.0125 e. The van der Waals surface area contributed by atoms with Crippen molar-refractivity contribution in [3.63, 3.8) is 0 Å². The number of benzene rings is 1. The van der Waals surface area contributed by atoms with Crippen molar-refractivity contribution >= 4 is 0 Å². The molecule has 1 aliphatic rings. The summed E-state index contributed by atoms with van der Waals surface area (Å²) in [5.41, 5.74) is 1.86. The number of nitrogens with zero attached hydrogens (tertiary/aromatic N) is 1. The van der Waals surface area contributed by atoms with Crippen molar-refractivity contribution in [2.75, 3.05) is 13.1 Å². The summed E-state index contributed by atoms with van der Waals surface area (Å²) >= 11 is 0. The lowest BCUT2D eigenvalue weighted by molar-refractivity contribution is 0.142. The number of rotatable bonds is 1. The minimum atomic E-state index is 0.325. The van der Waals surface area contributed by atoms with E-state index in [9.17, 15) is 0 Å². The van der Waals surface area contributed by atoms with Crippen LogP contribution in [0, 0.1) is 0 Å². The topological polar surface area (TPSA) is 3.24 Å². The summed E-state index contributed by atoms with van der Waals surface area (Å²) in [6.45, 7) is 9.48. The first-order valence-electron chi connectivity index (χ1n) is 6.87. The molecule has 1 heteroatoms. The molecular weight excluding hydrogens is 206 g/mol. The monoisotopic (exact) mass is 231 g/mol. The third kappa shape index (κ3) is 3.32. The van der Waals surface area contributed by atoms with Crippen molar-refractivity contribution in [1.29, 1.82) is 0 Å². The average molecular weight is 231 g/mol. The average Bonchev–Trinajstić information content (AvgIpc) is 2.55. The Morgan fingerprint density at radius 3 is 2.35 bits per heavy atom. The molecule has 0 amide bonds. The zero-order valence-electron chi connectivity index (χ0n) is 11.4. The summed E-state index contributed by atoms with van der Waals surface area (Å²) in [5, 5.41) is 0. The molecule has 1 unspecified atom stereocenters. The number of likely N-dealkylation sites (tertiary alicyclic amines) is 1. The van der Waals surface area contributed by atoms with Crippen LogP contribution in [0.15, 0.2) is 30.3 Å². The fraction of sp³-hybridized carbons (Fsp3) is 0.625. The molecule has 0 saturated carbocycles. The van der Waals surface area contributed by atoms with Gasteiger partial charge in [0.25, 0.3) is 0 Å². The van der Waals surface area contributed by atoms with E-state index in [1.54, 1.807) is 0 Å². The van der Waals surface area contributed by atoms with E-state index < -0.39 is 0 Å². The first kappa shape index (κ1) is 12.6. The van der Waals surface area contributed by atoms with E-state index in [-0.39, 0.29) is 0 Å². The van der Waals surface area contributed by atoms with Crippen molar-refractivity contribution in [1.82, 2.24) is 4.90 Å². The van der Waals surface area contributed by atoms with E-state index >= 15 is 0 Å². The lowest BCUT2D eigenvalue weighted by Gasteiger charge is -2.34. The van der Waals surface area contributed by atoms with E-state index in [4.69, 9.17) is 0 Å². The molecule has 2 rings (SSSR count). The maximum atomic E-state index is 2.63. The van der Waals surface area contributed by atoms with Crippen molar-refractivity contribution in [2.45, 2.75) is 51.5 Å². The van der Waals surface area contributed by atoms with Crippen LogP contribution in [0.1, 0.15) is 51.5 Å². The third-order valence-corrected chi connectivity index (χ3v) is 3.95. The van der Waals surface area contributed by atoms with Gasteiger partial charge in [-0.3, -0.25) is 4.90 Å². The van der Waals surface area contributed by atoms with Gasteiger partial charge in [-0.25, -0.2) is 0 Å². The van der Waals surface area contributed by atoms with E-state index in [2.05, 4.69) is 56.0 Å². The lowest BCUT2D eigenvalue weighted by Crippen LogP contribution is -2.41. The predicted octanol–water partition coefficient (Wildman–Crippen LogP) is 4.05. The Hall–Kier alpha value is -0.820. The molecule has 1 aromatic rings. The first-order chi connectivity index (χ1) is 8.07. The SMILES string of the molecule is CC(C)(C)N1CCCC(c2ccccc2)CC1. The van der Waals surface area contributed by atoms with Gasteiger partial charge >= 0.3 is 0 Å². The van der Waals surface area contributed by atoms with Crippen molar-refractivity contribution in [3.05, 3.63) is 35.9 Å². The standard InChI is InChI=1S/C16H25N/c1-16(2,3)17-12-7-10-15(11-13-17)14-8-5-4-6-9-14/h4-6,8-9,15H,7,10-13H2,1-3H3. The molecule has 17 heavy (non-hydrogen) atoms. The second-order valence-corrected chi connectivity index (χ2v) is 6.20. The summed E-state index contributed by atoms with van der Waals surface area (Å²) in [5.74, 6) is 0.767. The van der Waals surface area contributed by atoms with E-state index in [1.807, 2.05) is 0 Å². The highest BCUT2D eigenvalue weighted by Gasteiger charge is 2.25. The molecule has 1 aliphatic heterocycles. The van der Waals surface area contributed by atoms with Crippen LogP contribution in [-0.2, 0) is 0 Å². The minimum Gasteiger partial charge on any atom is -0.298 e. The first-order valence-corrected chi connectivity index (χ1v) is 6.87. The van der Waals surface area contributed by atoms with Crippen molar-refractivity contribution in [2.24, 2.45) is 0 Å². The summed E-state index contributed by atoms with van der Waals surface area (Å²) < 4.78 is 0. The van der Waals surface area contributed by atoms with Gasteiger partial charge in [0.05, 0.1) is 0 Å². The second kappa shape index (κ2) is 5.22. The van der Waals surface area contributed by atoms with Crippen LogP contribution >= 0.6 is 0 Å². The molecule has 0 radical (unpaired) electrons. The van der Waals surface area contributed by atoms with E-state index in [1.165, 1.54) is 37.9 Å². The largest absolute Gasteiger partial charge is 0.298 e. The minimum absolute atomic E-state index is 0.325. The van der Waals surface area contributed by atoms with Crippen LogP contribution in [0.2, 0.25) is 0 Å². The third-order valence-electron chi connectivity index (χ3n) is 3.95. The van der Waals surface area contributed by atoms with Gasteiger partial charge in [0.15, 0.2) is 0 Å². The molecule has 0 bridgehead atoms. The Bertz CT molecular complexity index is 336. The van der Waals surface area contributed by atoms with Gasteiger partial charge in [-0.15, -0.1) is 0 Å². The molecule has 1 atom stereocenters. The van der Waals surface area contributed by atoms with E-state index in [0.29, 0.717) is 5.54 Å². The molecule has 1 saturated heterocycles. The van der Waals surface area contributed by atoms with Crippen LogP contribution in [0.5, 0.6) is 0 Å². The normalized spacial score (nSPS) is 23.4. The zero-order chi connectivity index (χ0) is 12.3. The molecule has 0 aromatic heterocycles. The van der Waals surface area contributed by atoms with Gasteiger partial charge in [0.2, 0.25) is 0 Å². The molecule has 0 aliphatic carbocycles. The quantitative estimate of drug-likeness (QED) is 0.704. The molecule has 0 N–H and O–H groups in total. The Morgan fingerprint density at radius 2 is 1.71 bits per heavy atom. The van der Waals surface area contributed by atoms with Crippen LogP contribution in [-0.4, -0.2) is 23.5 Å². The van der Waals surface area contributed by atoms with Gasteiger partial charge in [-0.1, -0.05) is 30.3 Å². The smallest absolute Gasteiger partial charge is 0.0125 e. The van der Waals surface area contributed by atoms with Crippen molar-refractivity contribution in [3.8, 4) is 0 Å². The molecule has 0 spiro atoms.